The molecule has 2 heterocycles. The maximum atomic E-state index is 12.2. The Morgan fingerprint density at radius 1 is 1.41 bits per heavy atom. The number of carbonyl (C=O) groups is 1. The lowest BCUT2D eigenvalue weighted by atomic mass is 10.2. The van der Waals surface area contributed by atoms with Crippen LogP contribution in [0.5, 0.6) is 0 Å². The standard InChI is InChI=1S/C15H23N5O2/c1-4-19(5-2)13(14-8-7-9-22-14)11-16-15(21)12-10-17-20(6-3)18-12/h7-10,13H,4-6,11H2,1-3H3,(H,16,21). The van der Waals surface area contributed by atoms with Gasteiger partial charge in [0.1, 0.15) is 5.76 Å². The van der Waals surface area contributed by atoms with Gasteiger partial charge in [-0.2, -0.15) is 9.90 Å². The van der Waals surface area contributed by atoms with Crippen molar-refractivity contribution in [2.24, 2.45) is 0 Å². The molecule has 0 aliphatic rings. The van der Waals surface area contributed by atoms with E-state index < -0.39 is 0 Å². The van der Waals surface area contributed by atoms with Crippen molar-refractivity contribution < 1.29 is 9.21 Å². The average Bonchev–Trinajstić information content (AvgIpc) is 3.22. The zero-order valence-corrected chi connectivity index (χ0v) is 13.3. The molecule has 1 amide bonds. The van der Waals surface area contributed by atoms with Crippen LogP contribution in [0.2, 0.25) is 0 Å². The quantitative estimate of drug-likeness (QED) is 0.803. The molecule has 22 heavy (non-hydrogen) atoms. The van der Waals surface area contributed by atoms with Gasteiger partial charge in [-0.25, -0.2) is 0 Å². The molecule has 120 valence electrons. The van der Waals surface area contributed by atoms with Crippen LogP contribution in [-0.4, -0.2) is 45.4 Å². The minimum absolute atomic E-state index is 0.00942. The van der Waals surface area contributed by atoms with Gasteiger partial charge in [-0.15, -0.1) is 5.10 Å². The summed E-state index contributed by atoms with van der Waals surface area (Å²) < 4.78 is 5.51. The van der Waals surface area contributed by atoms with E-state index in [0.29, 0.717) is 18.8 Å². The highest BCUT2D eigenvalue weighted by molar-refractivity contribution is 5.91. The highest BCUT2D eigenvalue weighted by Gasteiger charge is 2.22. The van der Waals surface area contributed by atoms with Crippen molar-refractivity contribution in [2.75, 3.05) is 19.6 Å². The van der Waals surface area contributed by atoms with Crippen molar-refractivity contribution in [1.29, 1.82) is 0 Å². The van der Waals surface area contributed by atoms with Crippen LogP contribution < -0.4 is 5.32 Å². The second kappa shape index (κ2) is 7.74. The Labute approximate surface area is 130 Å². The van der Waals surface area contributed by atoms with Crippen LogP contribution in [0.3, 0.4) is 0 Å². The van der Waals surface area contributed by atoms with Gasteiger partial charge >= 0.3 is 0 Å². The molecule has 2 aromatic rings. The summed E-state index contributed by atoms with van der Waals surface area (Å²) in [7, 11) is 0. The SMILES string of the molecule is CCN(CC)C(CNC(=O)c1cnn(CC)n1)c1ccco1. The number of nitrogens with one attached hydrogen (secondary N) is 1. The first kappa shape index (κ1) is 16.2. The Bertz CT molecular complexity index is 575. The molecule has 0 bridgehead atoms. The number of aromatic nitrogens is 3. The fourth-order valence-electron chi connectivity index (χ4n) is 2.39. The molecule has 0 aliphatic carbocycles. The molecule has 0 spiro atoms. The lowest BCUT2D eigenvalue weighted by molar-refractivity contribution is 0.0924. The summed E-state index contributed by atoms with van der Waals surface area (Å²) in [5, 5.41) is 11.0. The molecule has 0 fully saturated rings. The molecule has 1 N–H and O–H groups in total. The lowest BCUT2D eigenvalue weighted by Crippen LogP contribution is -2.38. The minimum Gasteiger partial charge on any atom is -0.468 e. The van der Waals surface area contributed by atoms with Crippen LogP contribution >= 0.6 is 0 Å². The normalized spacial score (nSPS) is 12.5. The summed E-state index contributed by atoms with van der Waals surface area (Å²) in [6.45, 7) is 8.97. The summed E-state index contributed by atoms with van der Waals surface area (Å²) in [6.07, 6.45) is 3.14. The fraction of sp³-hybridized carbons (Fsp3) is 0.533. The summed E-state index contributed by atoms with van der Waals surface area (Å²) >= 11 is 0. The van der Waals surface area contributed by atoms with E-state index in [9.17, 15) is 4.79 Å². The van der Waals surface area contributed by atoms with Crippen molar-refractivity contribution in [3.63, 3.8) is 0 Å². The van der Waals surface area contributed by atoms with Crippen LogP contribution in [0, 0.1) is 0 Å². The summed E-state index contributed by atoms with van der Waals surface area (Å²) in [5.74, 6) is 0.629. The number of aryl methyl sites for hydroxylation is 1. The van der Waals surface area contributed by atoms with Crippen LogP contribution in [0.15, 0.2) is 29.0 Å². The van der Waals surface area contributed by atoms with E-state index in [0.717, 1.165) is 18.8 Å². The summed E-state index contributed by atoms with van der Waals surface area (Å²) in [4.78, 5) is 15.9. The summed E-state index contributed by atoms with van der Waals surface area (Å²) in [6, 6.07) is 3.80. The molecule has 2 rings (SSSR count). The van der Waals surface area contributed by atoms with Crippen molar-refractivity contribution >= 4 is 5.91 Å². The van der Waals surface area contributed by atoms with Gasteiger partial charge in [0.05, 0.1) is 25.0 Å². The molecule has 0 saturated carbocycles. The molecule has 7 nitrogen and oxygen atoms in total. The Morgan fingerprint density at radius 3 is 2.73 bits per heavy atom. The third-order valence-corrected chi connectivity index (χ3v) is 3.63. The van der Waals surface area contributed by atoms with Gasteiger partial charge in [0.25, 0.3) is 5.91 Å². The number of likely N-dealkylation sites (N-methyl/N-ethyl adjacent to an activating group) is 1. The molecular formula is C15H23N5O2. The maximum absolute atomic E-state index is 12.2. The first-order valence-electron chi connectivity index (χ1n) is 7.65. The maximum Gasteiger partial charge on any atom is 0.273 e. The molecule has 0 radical (unpaired) electrons. The second-order valence-corrected chi connectivity index (χ2v) is 4.88. The molecule has 0 aliphatic heterocycles. The van der Waals surface area contributed by atoms with Crippen LogP contribution in [0.1, 0.15) is 43.1 Å². The zero-order chi connectivity index (χ0) is 15.9. The minimum atomic E-state index is -0.219. The number of rotatable bonds is 8. The van der Waals surface area contributed by atoms with E-state index in [1.165, 1.54) is 11.0 Å². The Balaban J connectivity index is 2.03. The largest absolute Gasteiger partial charge is 0.468 e. The first-order valence-corrected chi connectivity index (χ1v) is 7.65. The molecular weight excluding hydrogens is 282 g/mol. The van der Waals surface area contributed by atoms with Gasteiger partial charge in [0.2, 0.25) is 0 Å². The first-order chi connectivity index (χ1) is 10.7. The number of carbonyl (C=O) groups excluding carboxylic acids is 1. The molecule has 0 saturated heterocycles. The third kappa shape index (κ3) is 3.73. The lowest BCUT2D eigenvalue weighted by Gasteiger charge is -2.28. The monoisotopic (exact) mass is 305 g/mol. The van der Waals surface area contributed by atoms with Crippen molar-refractivity contribution in [3.8, 4) is 0 Å². The smallest absolute Gasteiger partial charge is 0.273 e. The zero-order valence-electron chi connectivity index (χ0n) is 13.3. The highest BCUT2D eigenvalue weighted by atomic mass is 16.3. The summed E-state index contributed by atoms with van der Waals surface area (Å²) in [5.41, 5.74) is 0.333. The third-order valence-electron chi connectivity index (χ3n) is 3.63. The molecule has 1 atom stereocenters. The predicted octanol–water partition coefficient (Wildman–Crippen LogP) is 1.70. The highest BCUT2D eigenvalue weighted by Crippen LogP contribution is 2.20. The Hall–Kier alpha value is -2.15. The number of furan rings is 1. The van der Waals surface area contributed by atoms with Crippen molar-refractivity contribution in [1.82, 2.24) is 25.2 Å². The fourth-order valence-corrected chi connectivity index (χ4v) is 2.39. The van der Waals surface area contributed by atoms with E-state index in [1.807, 2.05) is 19.1 Å². The predicted molar refractivity (Wildman–Crippen MR) is 82.4 cm³/mol. The van der Waals surface area contributed by atoms with Crippen LogP contribution in [0.25, 0.3) is 0 Å². The van der Waals surface area contributed by atoms with E-state index in [1.54, 1.807) is 6.26 Å². The topological polar surface area (TPSA) is 76.2 Å². The van der Waals surface area contributed by atoms with Gasteiger partial charge < -0.3 is 9.73 Å². The molecule has 7 heteroatoms. The average molecular weight is 305 g/mol. The van der Waals surface area contributed by atoms with Crippen molar-refractivity contribution in [2.45, 2.75) is 33.4 Å². The second-order valence-electron chi connectivity index (χ2n) is 4.88. The molecule has 2 aromatic heterocycles. The van der Waals surface area contributed by atoms with Crippen LogP contribution in [0.4, 0.5) is 0 Å². The number of hydrogen-bond donors (Lipinski definition) is 1. The van der Waals surface area contributed by atoms with Crippen LogP contribution in [-0.2, 0) is 6.54 Å². The number of hydrogen-bond acceptors (Lipinski definition) is 5. The van der Waals surface area contributed by atoms with E-state index >= 15 is 0 Å². The Kier molecular flexibility index (Phi) is 5.71. The molecule has 1 unspecified atom stereocenters. The van der Waals surface area contributed by atoms with Gasteiger partial charge in [0, 0.05) is 6.54 Å². The van der Waals surface area contributed by atoms with Gasteiger partial charge in [-0.05, 0) is 32.1 Å². The van der Waals surface area contributed by atoms with E-state index in [2.05, 4.69) is 34.3 Å². The number of amides is 1. The van der Waals surface area contributed by atoms with E-state index in [4.69, 9.17) is 4.42 Å². The van der Waals surface area contributed by atoms with E-state index in [-0.39, 0.29) is 11.9 Å². The van der Waals surface area contributed by atoms with Gasteiger partial charge in [-0.1, -0.05) is 13.8 Å². The van der Waals surface area contributed by atoms with Gasteiger partial charge in [-0.3, -0.25) is 9.69 Å². The van der Waals surface area contributed by atoms with Crippen molar-refractivity contribution in [3.05, 3.63) is 36.0 Å². The van der Waals surface area contributed by atoms with Gasteiger partial charge in [0.15, 0.2) is 5.69 Å². The Morgan fingerprint density at radius 2 is 2.18 bits per heavy atom. The number of nitrogens with zero attached hydrogens (tertiary/aromatic N) is 4. The molecule has 0 aromatic carbocycles.